The molecule has 0 bridgehead atoms. The number of aromatic nitrogens is 1. The maximum Gasteiger partial charge on any atom is 0.295 e. The molecule has 0 saturated heterocycles. The lowest BCUT2D eigenvalue weighted by Gasteiger charge is -2.17. The smallest absolute Gasteiger partial charge is 0.295 e. The van der Waals surface area contributed by atoms with Gasteiger partial charge in [-0.2, -0.15) is 8.42 Å². The highest BCUT2D eigenvalue weighted by molar-refractivity contribution is 7.86. The molecule has 164 valence electrons. The van der Waals surface area contributed by atoms with Crippen molar-refractivity contribution in [2.45, 2.75) is 17.5 Å². The molecular weight excluding hydrogens is 422 g/mol. The fraction of sp³-hybridized carbons (Fsp3) is 0.238. The van der Waals surface area contributed by atoms with Crippen LogP contribution in [0.15, 0.2) is 59.6 Å². The molecule has 1 aromatic heterocycles. The standard InChI is InChI=1S/C21H23N3O6S/c1-29-15-7-5-14(6-8-15)13-30-12-11-24-20(21(22)25)19-17-3-2-4-18(31(26,27)28)16(17)9-10-23-19/h2-10,20,24H,11-13H2,1H3,(H2,22,25)(H,26,27,28). The number of hydrogen-bond donors (Lipinski definition) is 3. The van der Waals surface area contributed by atoms with Crippen molar-refractivity contribution in [3.05, 3.63) is 66.0 Å². The topological polar surface area (TPSA) is 141 Å². The lowest BCUT2D eigenvalue weighted by Crippen LogP contribution is -2.36. The SMILES string of the molecule is COc1ccc(COCCNC(C(N)=O)c2nccc3c(S(=O)(=O)O)cccc23)cc1. The van der Waals surface area contributed by atoms with Gasteiger partial charge in [-0.25, -0.2) is 0 Å². The summed E-state index contributed by atoms with van der Waals surface area (Å²) in [6.07, 6.45) is 1.37. The van der Waals surface area contributed by atoms with Crippen molar-refractivity contribution in [2.24, 2.45) is 5.73 Å². The van der Waals surface area contributed by atoms with Crippen LogP contribution < -0.4 is 15.8 Å². The highest BCUT2D eigenvalue weighted by atomic mass is 32.2. The zero-order chi connectivity index (χ0) is 22.4. The number of carbonyl (C=O) groups is 1. The molecule has 0 aliphatic carbocycles. The van der Waals surface area contributed by atoms with Gasteiger partial charge in [-0.1, -0.05) is 24.3 Å². The summed E-state index contributed by atoms with van der Waals surface area (Å²) >= 11 is 0. The molecular formula is C21H23N3O6S. The lowest BCUT2D eigenvalue weighted by molar-refractivity contribution is -0.120. The first-order chi connectivity index (χ1) is 14.8. The van der Waals surface area contributed by atoms with Crippen molar-refractivity contribution in [2.75, 3.05) is 20.3 Å². The van der Waals surface area contributed by atoms with Gasteiger partial charge in [-0.3, -0.25) is 19.6 Å². The van der Waals surface area contributed by atoms with Crippen LogP contribution in [0.1, 0.15) is 17.3 Å². The second kappa shape index (κ2) is 9.84. The van der Waals surface area contributed by atoms with E-state index >= 15 is 0 Å². The third-order valence-corrected chi connectivity index (χ3v) is 5.57. The van der Waals surface area contributed by atoms with Crippen LogP contribution in [0.25, 0.3) is 10.8 Å². The summed E-state index contributed by atoms with van der Waals surface area (Å²) in [5.74, 6) is 0.0851. The summed E-state index contributed by atoms with van der Waals surface area (Å²) in [4.78, 5) is 16.0. The fourth-order valence-electron chi connectivity index (χ4n) is 3.18. The third-order valence-electron chi connectivity index (χ3n) is 4.66. The molecule has 4 N–H and O–H groups in total. The fourth-order valence-corrected chi connectivity index (χ4v) is 3.88. The van der Waals surface area contributed by atoms with Crippen LogP contribution in [0.4, 0.5) is 0 Å². The molecule has 0 fully saturated rings. The predicted octanol–water partition coefficient (Wildman–Crippen LogP) is 1.82. The van der Waals surface area contributed by atoms with E-state index in [2.05, 4.69) is 10.3 Å². The maximum atomic E-state index is 12.1. The van der Waals surface area contributed by atoms with Crippen LogP contribution in [0, 0.1) is 0 Å². The van der Waals surface area contributed by atoms with E-state index in [1.807, 2.05) is 24.3 Å². The molecule has 0 spiro atoms. The highest BCUT2D eigenvalue weighted by Gasteiger charge is 2.23. The molecule has 0 radical (unpaired) electrons. The van der Waals surface area contributed by atoms with Gasteiger partial charge < -0.3 is 15.2 Å². The predicted molar refractivity (Wildman–Crippen MR) is 114 cm³/mol. The van der Waals surface area contributed by atoms with Gasteiger partial charge in [0.1, 0.15) is 16.7 Å². The molecule has 1 atom stereocenters. The van der Waals surface area contributed by atoms with E-state index < -0.39 is 22.1 Å². The van der Waals surface area contributed by atoms with Crippen LogP contribution >= 0.6 is 0 Å². The molecule has 3 aromatic rings. The number of amides is 1. The number of nitrogens with two attached hydrogens (primary N) is 1. The second-order valence-electron chi connectivity index (χ2n) is 6.71. The summed E-state index contributed by atoms with van der Waals surface area (Å²) in [6.45, 7) is 0.994. The average molecular weight is 445 g/mol. The quantitative estimate of drug-likeness (QED) is 0.317. The van der Waals surface area contributed by atoms with E-state index in [-0.39, 0.29) is 16.0 Å². The number of primary amides is 1. The summed E-state index contributed by atoms with van der Waals surface area (Å²) in [7, 11) is -2.84. The Hall–Kier alpha value is -3.05. The molecule has 1 heterocycles. The largest absolute Gasteiger partial charge is 0.497 e. The van der Waals surface area contributed by atoms with E-state index in [1.54, 1.807) is 13.2 Å². The Labute approximate surface area is 179 Å². The third kappa shape index (κ3) is 5.56. The second-order valence-corrected chi connectivity index (χ2v) is 8.10. The van der Waals surface area contributed by atoms with Crippen molar-refractivity contribution < 1.29 is 27.2 Å². The highest BCUT2D eigenvalue weighted by Crippen LogP contribution is 2.27. The molecule has 0 aliphatic rings. The number of methoxy groups -OCH3 is 1. The van der Waals surface area contributed by atoms with E-state index in [0.717, 1.165) is 11.3 Å². The van der Waals surface area contributed by atoms with Gasteiger partial charge in [0.05, 0.1) is 26.0 Å². The summed E-state index contributed by atoms with van der Waals surface area (Å²) in [5, 5.41) is 3.64. The van der Waals surface area contributed by atoms with Crippen LogP contribution in [0.2, 0.25) is 0 Å². The van der Waals surface area contributed by atoms with E-state index in [4.69, 9.17) is 15.2 Å². The minimum Gasteiger partial charge on any atom is -0.497 e. The summed E-state index contributed by atoms with van der Waals surface area (Å²) < 4.78 is 43.5. The molecule has 10 heteroatoms. The van der Waals surface area contributed by atoms with Crippen LogP contribution in [0.5, 0.6) is 5.75 Å². The monoisotopic (exact) mass is 445 g/mol. The Morgan fingerprint density at radius 1 is 1.16 bits per heavy atom. The molecule has 3 rings (SSSR count). The van der Waals surface area contributed by atoms with E-state index in [0.29, 0.717) is 25.1 Å². The minimum atomic E-state index is -4.44. The van der Waals surface area contributed by atoms with Crippen molar-refractivity contribution in [1.82, 2.24) is 10.3 Å². The Morgan fingerprint density at radius 2 is 1.90 bits per heavy atom. The van der Waals surface area contributed by atoms with Gasteiger partial charge in [-0.15, -0.1) is 0 Å². The van der Waals surface area contributed by atoms with Gasteiger partial charge in [0.25, 0.3) is 10.1 Å². The van der Waals surface area contributed by atoms with Crippen LogP contribution in [-0.4, -0.2) is 44.1 Å². The number of pyridine rings is 1. The minimum absolute atomic E-state index is 0.249. The first-order valence-electron chi connectivity index (χ1n) is 9.39. The zero-order valence-electron chi connectivity index (χ0n) is 16.8. The Balaban J connectivity index is 1.69. The van der Waals surface area contributed by atoms with Crippen LogP contribution in [-0.2, 0) is 26.3 Å². The van der Waals surface area contributed by atoms with Crippen LogP contribution in [0.3, 0.4) is 0 Å². The Morgan fingerprint density at radius 3 is 2.55 bits per heavy atom. The Bertz CT molecular complexity index is 1170. The number of carbonyl (C=O) groups excluding carboxylic acids is 1. The first-order valence-corrected chi connectivity index (χ1v) is 10.8. The number of nitrogens with zero attached hydrogens (tertiary/aromatic N) is 1. The van der Waals surface area contributed by atoms with Gasteiger partial charge in [0, 0.05) is 23.5 Å². The van der Waals surface area contributed by atoms with Gasteiger partial charge in [-0.05, 0) is 29.8 Å². The number of benzene rings is 2. The Kier molecular flexibility index (Phi) is 7.18. The maximum absolute atomic E-state index is 12.1. The van der Waals surface area contributed by atoms with Crippen molar-refractivity contribution >= 4 is 26.8 Å². The average Bonchev–Trinajstić information content (AvgIpc) is 2.75. The normalized spacial score (nSPS) is 12.6. The van der Waals surface area contributed by atoms with Gasteiger partial charge in [0.15, 0.2) is 0 Å². The van der Waals surface area contributed by atoms with Crippen molar-refractivity contribution in [3.63, 3.8) is 0 Å². The van der Waals surface area contributed by atoms with Crippen molar-refractivity contribution in [1.29, 1.82) is 0 Å². The zero-order valence-corrected chi connectivity index (χ0v) is 17.6. The number of fused-ring (bicyclic) bond motifs is 1. The molecule has 2 aromatic carbocycles. The summed E-state index contributed by atoms with van der Waals surface area (Å²) in [5.41, 5.74) is 6.80. The number of hydrogen-bond acceptors (Lipinski definition) is 7. The summed E-state index contributed by atoms with van der Waals surface area (Å²) in [6, 6.07) is 12.3. The molecule has 1 unspecified atom stereocenters. The van der Waals surface area contributed by atoms with Crippen molar-refractivity contribution in [3.8, 4) is 5.75 Å². The van der Waals surface area contributed by atoms with E-state index in [9.17, 15) is 17.8 Å². The molecule has 1 amide bonds. The molecule has 9 nitrogen and oxygen atoms in total. The van der Waals surface area contributed by atoms with Gasteiger partial charge in [0.2, 0.25) is 5.91 Å². The number of nitrogens with one attached hydrogen (secondary N) is 1. The number of rotatable bonds is 10. The first kappa shape index (κ1) is 22.6. The van der Waals surface area contributed by atoms with Gasteiger partial charge >= 0.3 is 0 Å². The molecule has 0 saturated carbocycles. The number of ether oxygens (including phenoxy) is 2. The lowest BCUT2D eigenvalue weighted by atomic mass is 10.0. The van der Waals surface area contributed by atoms with E-state index in [1.165, 1.54) is 24.4 Å². The molecule has 0 aliphatic heterocycles. The molecule has 31 heavy (non-hydrogen) atoms.